The minimum absolute atomic E-state index is 0.225. The molecule has 1 fully saturated rings. The molecule has 1 aliphatic rings. The van der Waals surface area contributed by atoms with Crippen LogP contribution in [0.25, 0.3) is 0 Å². The lowest BCUT2D eigenvalue weighted by Crippen LogP contribution is -2.24. The van der Waals surface area contributed by atoms with Gasteiger partial charge < -0.3 is 15.4 Å². The van der Waals surface area contributed by atoms with Crippen molar-refractivity contribution in [3.8, 4) is 5.75 Å². The van der Waals surface area contributed by atoms with Crippen LogP contribution in [0.2, 0.25) is 0 Å². The fourth-order valence-corrected chi connectivity index (χ4v) is 2.41. The highest BCUT2D eigenvalue weighted by atomic mass is 16.5. The number of carbonyl (C=O) groups is 1. The van der Waals surface area contributed by atoms with Crippen LogP contribution in [0.5, 0.6) is 5.75 Å². The van der Waals surface area contributed by atoms with Crippen LogP contribution in [0, 0.1) is 5.92 Å². The van der Waals surface area contributed by atoms with Gasteiger partial charge in [0.15, 0.2) is 0 Å². The number of methoxy groups -OCH3 is 1. The van der Waals surface area contributed by atoms with E-state index in [0.29, 0.717) is 25.4 Å². The van der Waals surface area contributed by atoms with Crippen LogP contribution in [-0.2, 0) is 17.9 Å². The third-order valence-corrected chi connectivity index (χ3v) is 3.35. The number of benzene rings is 1. The third-order valence-electron chi connectivity index (χ3n) is 3.35. The van der Waals surface area contributed by atoms with Crippen molar-refractivity contribution in [2.75, 3.05) is 13.7 Å². The Labute approximate surface area is 108 Å². The van der Waals surface area contributed by atoms with Gasteiger partial charge in [0.25, 0.3) is 0 Å². The molecule has 18 heavy (non-hydrogen) atoms. The predicted molar refractivity (Wildman–Crippen MR) is 70.1 cm³/mol. The maximum atomic E-state index is 11.8. The first-order valence-electron chi connectivity index (χ1n) is 6.27. The van der Waals surface area contributed by atoms with Crippen LogP contribution in [0.4, 0.5) is 0 Å². The Morgan fingerprint density at radius 3 is 2.83 bits per heavy atom. The van der Waals surface area contributed by atoms with Gasteiger partial charge in [-0.1, -0.05) is 13.0 Å². The van der Waals surface area contributed by atoms with E-state index in [1.54, 1.807) is 7.11 Å². The standard InChI is InChI=1S/C14H20N2O2/c1-10-5-14(17)16(8-10)9-12-6-11(7-15)3-4-13(12)18-2/h3-4,6,10H,5,7-9,15H2,1-2H3. The monoisotopic (exact) mass is 248 g/mol. The molecule has 1 aromatic rings. The minimum Gasteiger partial charge on any atom is -0.496 e. The van der Waals surface area contributed by atoms with Crippen LogP contribution in [0.1, 0.15) is 24.5 Å². The van der Waals surface area contributed by atoms with Crippen molar-refractivity contribution in [3.63, 3.8) is 0 Å². The predicted octanol–water partition coefficient (Wildman–Crippen LogP) is 1.52. The van der Waals surface area contributed by atoms with Gasteiger partial charge >= 0.3 is 0 Å². The molecule has 2 N–H and O–H groups in total. The van der Waals surface area contributed by atoms with Crippen molar-refractivity contribution >= 4 is 5.91 Å². The molecular weight excluding hydrogens is 228 g/mol. The highest BCUT2D eigenvalue weighted by Gasteiger charge is 2.26. The summed E-state index contributed by atoms with van der Waals surface area (Å²) in [5.74, 6) is 1.49. The van der Waals surface area contributed by atoms with Crippen molar-refractivity contribution in [1.29, 1.82) is 0 Å². The summed E-state index contributed by atoms with van der Waals surface area (Å²) in [5.41, 5.74) is 7.74. The van der Waals surface area contributed by atoms with E-state index in [1.807, 2.05) is 23.1 Å². The second-order valence-electron chi connectivity index (χ2n) is 4.93. The first kappa shape index (κ1) is 12.9. The van der Waals surface area contributed by atoms with Gasteiger partial charge in [-0.15, -0.1) is 0 Å². The molecule has 0 radical (unpaired) electrons. The van der Waals surface area contributed by atoms with E-state index in [1.165, 1.54) is 0 Å². The molecule has 0 bridgehead atoms. The lowest BCUT2D eigenvalue weighted by Gasteiger charge is -2.18. The van der Waals surface area contributed by atoms with E-state index in [4.69, 9.17) is 10.5 Å². The number of hydrogen-bond acceptors (Lipinski definition) is 3. The molecule has 98 valence electrons. The van der Waals surface area contributed by atoms with Gasteiger partial charge in [0.1, 0.15) is 5.75 Å². The summed E-state index contributed by atoms with van der Waals surface area (Å²) < 4.78 is 5.34. The Balaban J connectivity index is 2.19. The van der Waals surface area contributed by atoms with Crippen molar-refractivity contribution in [3.05, 3.63) is 29.3 Å². The summed E-state index contributed by atoms with van der Waals surface area (Å²) in [6.07, 6.45) is 0.652. The van der Waals surface area contributed by atoms with Gasteiger partial charge in [0, 0.05) is 31.6 Å². The topological polar surface area (TPSA) is 55.6 Å². The maximum absolute atomic E-state index is 11.8. The summed E-state index contributed by atoms with van der Waals surface area (Å²) in [5, 5.41) is 0. The van der Waals surface area contributed by atoms with Crippen molar-refractivity contribution in [2.45, 2.75) is 26.4 Å². The first-order valence-corrected chi connectivity index (χ1v) is 6.27. The second-order valence-corrected chi connectivity index (χ2v) is 4.93. The summed E-state index contributed by atoms with van der Waals surface area (Å²) >= 11 is 0. The summed E-state index contributed by atoms with van der Waals surface area (Å²) in [6.45, 7) is 4.04. The van der Waals surface area contributed by atoms with Crippen molar-refractivity contribution < 1.29 is 9.53 Å². The molecule has 1 unspecified atom stereocenters. The van der Waals surface area contributed by atoms with Crippen LogP contribution in [0.3, 0.4) is 0 Å². The average Bonchev–Trinajstić information content (AvgIpc) is 2.67. The molecule has 1 heterocycles. The molecule has 0 saturated carbocycles. The summed E-state index contributed by atoms with van der Waals surface area (Å²) in [6, 6.07) is 5.90. The van der Waals surface area contributed by atoms with Crippen LogP contribution in [-0.4, -0.2) is 24.5 Å². The number of rotatable bonds is 4. The Kier molecular flexibility index (Phi) is 3.87. The van der Waals surface area contributed by atoms with Gasteiger partial charge in [-0.25, -0.2) is 0 Å². The highest BCUT2D eigenvalue weighted by Crippen LogP contribution is 2.25. The molecule has 1 saturated heterocycles. The number of nitrogens with two attached hydrogens (primary N) is 1. The Hall–Kier alpha value is -1.55. The van der Waals surface area contributed by atoms with E-state index >= 15 is 0 Å². The lowest BCUT2D eigenvalue weighted by molar-refractivity contribution is -0.128. The molecule has 0 aromatic heterocycles. The third kappa shape index (κ3) is 2.64. The molecule has 1 aliphatic heterocycles. The average molecular weight is 248 g/mol. The molecule has 1 aromatic carbocycles. The fraction of sp³-hybridized carbons (Fsp3) is 0.500. The van der Waals surface area contributed by atoms with E-state index in [-0.39, 0.29) is 5.91 Å². The Morgan fingerprint density at radius 1 is 1.50 bits per heavy atom. The zero-order valence-corrected chi connectivity index (χ0v) is 11.0. The lowest BCUT2D eigenvalue weighted by atomic mass is 10.1. The SMILES string of the molecule is COc1ccc(CN)cc1CN1CC(C)CC1=O. The highest BCUT2D eigenvalue weighted by molar-refractivity contribution is 5.78. The molecule has 0 spiro atoms. The number of ether oxygens (including phenoxy) is 1. The smallest absolute Gasteiger partial charge is 0.223 e. The largest absolute Gasteiger partial charge is 0.496 e. The van der Waals surface area contributed by atoms with Gasteiger partial charge in [0.2, 0.25) is 5.91 Å². The first-order chi connectivity index (χ1) is 8.63. The van der Waals surface area contributed by atoms with Crippen LogP contribution >= 0.6 is 0 Å². The Morgan fingerprint density at radius 2 is 2.28 bits per heavy atom. The number of nitrogens with zero attached hydrogens (tertiary/aromatic N) is 1. The number of carbonyl (C=O) groups excluding carboxylic acids is 1. The molecule has 2 rings (SSSR count). The maximum Gasteiger partial charge on any atom is 0.223 e. The van der Waals surface area contributed by atoms with Crippen LogP contribution < -0.4 is 10.5 Å². The van der Waals surface area contributed by atoms with Gasteiger partial charge in [0.05, 0.1) is 7.11 Å². The zero-order valence-electron chi connectivity index (χ0n) is 11.0. The minimum atomic E-state index is 0.225. The molecule has 1 atom stereocenters. The molecular formula is C14H20N2O2. The van der Waals surface area contributed by atoms with E-state index in [9.17, 15) is 4.79 Å². The molecule has 0 aliphatic carbocycles. The fourth-order valence-electron chi connectivity index (χ4n) is 2.41. The van der Waals surface area contributed by atoms with Gasteiger partial charge in [-0.05, 0) is 23.6 Å². The number of likely N-dealkylation sites (tertiary alicyclic amines) is 1. The van der Waals surface area contributed by atoms with Gasteiger partial charge in [-0.3, -0.25) is 4.79 Å². The normalized spacial score (nSPS) is 19.4. The zero-order chi connectivity index (χ0) is 13.1. The van der Waals surface area contributed by atoms with E-state index in [2.05, 4.69) is 6.92 Å². The quantitative estimate of drug-likeness (QED) is 0.879. The number of hydrogen-bond donors (Lipinski definition) is 1. The van der Waals surface area contributed by atoms with Crippen LogP contribution in [0.15, 0.2) is 18.2 Å². The van der Waals surface area contributed by atoms with E-state index < -0.39 is 0 Å². The number of amides is 1. The summed E-state index contributed by atoms with van der Waals surface area (Å²) in [7, 11) is 1.65. The Bertz CT molecular complexity index is 445. The summed E-state index contributed by atoms with van der Waals surface area (Å²) in [4.78, 5) is 13.7. The van der Waals surface area contributed by atoms with Crippen molar-refractivity contribution in [1.82, 2.24) is 4.90 Å². The van der Waals surface area contributed by atoms with Gasteiger partial charge in [-0.2, -0.15) is 0 Å². The second kappa shape index (κ2) is 5.40. The molecule has 4 heteroatoms. The van der Waals surface area contributed by atoms with Crippen molar-refractivity contribution in [2.24, 2.45) is 11.7 Å². The molecule has 4 nitrogen and oxygen atoms in total. The van der Waals surface area contributed by atoms with E-state index in [0.717, 1.165) is 23.4 Å². The molecule has 1 amide bonds.